The Balaban J connectivity index is 1.70. The second-order valence-corrected chi connectivity index (χ2v) is 6.60. The first kappa shape index (κ1) is 15.4. The van der Waals surface area contributed by atoms with E-state index in [0.29, 0.717) is 28.8 Å². The van der Waals surface area contributed by atoms with Crippen LogP contribution in [0, 0.1) is 5.92 Å². The van der Waals surface area contributed by atoms with Gasteiger partial charge in [0.15, 0.2) is 17.2 Å². The summed E-state index contributed by atoms with van der Waals surface area (Å²) in [5.41, 5.74) is 1.97. The van der Waals surface area contributed by atoms with Crippen LogP contribution in [0.15, 0.2) is 24.3 Å². The van der Waals surface area contributed by atoms with Gasteiger partial charge in [-0.1, -0.05) is 13.8 Å². The zero-order valence-corrected chi connectivity index (χ0v) is 13.8. The minimum absolute atomic E-state index is 0.255. The summed E-state index contributed by atoms with van der Waals surface area (Å²) >= 11 is 0. The lowest BCUT2D eigenvalue weighted by molar-refractivity contribution is -0.0431. The molecule has 0 spiro atoms. The molecular weight excluding hydrogens is 294 g/mol. The Labute approximate surface area is 135 Å². The fourth-order valence-electron chi connectivity index (χ4n) is 2.52. The minimum Gasteiger partial charge on any atom is -0.449 e. The number of aromatic amines is 1. The van der Waals surface area contributed by atoms with E-state index in [0.717, 1.165) is 12.1 Å². The topological polar surface area (TPSA) is 76.2 Å². The summed E-state index contributed by atoms with van der Waals surface area (Å²) in [4.78, 5) is 12.3. The lowest BCUT2D eigenvalue weighted by atomic mass is 10.1. The molecule has 0 saturated heterocycles. The standard InChI is InChI=1S/C17H21N3O3/c1-10(2)7-12-8-13(20-19-12)16(21)18-11-5-6-14-15(9-11)23-17(3,4)22-14/h5-6,8-10H,7H2,1-4H3,(H,18,21)(H,19,20). The van der Waals surface area contributed by atoms with Gasteiger partial charge in [0.1, 0.15) is 0 Å². The maximum Gasteiger partial charge on any atom is 0.276 e. The number of benzene rings is 1. The first-order chi connectivity index (χ1) is 10.8. The average molecular weight is 315 g/mol. The van der Waals surface area contributed by atoms with Crippen molar-refractivity contribution < 1.29 is 14.3 Å². The maximum absolute atomic E-state index is 12.3. The number of nitrogens with one attached hydrogen (secondary N) is 2. The molecule has 2 aromatic rings. The Morgan fingerprint density at radius 2 is 2.00 bits per heavy atom. The van der Waals surface area contributed by atoms with Crippen LogP contribution in [0.5, 0.6) is 11.5 Å². The third-order valence-corrected chi connectivity index (χ3v) is 3.40. The minimum atomic E-state index is -0.682. The van der Waals surface area contributed by atoms with Gasteiger partial charge >= 0.3 is 0 Å². The van der Waals surface area contributed by atoms with E-state index in [-0.39, 0.29) is 5.91 Å². The molecule has 23 heavy (non-hydrogen) atoms. The van der Waals surface area contributed by atoms with Crippen LogP contribution in [0.25, 0.3) is 0 Å². The van der Waals surface area contributed by atoms with E-state index in [1.807, 2.05) is 13.8 Å². The van der Waals surface area contributed by atoms with Crippen LogP contribution >= 0.6 is 0 Å². The highest BCUT2D eigenvalue weighted by atomic mass is 16.7. The Morgan fingerprint density at radius 3 is 2.74 bits per heavy atom. The zero-order chi connectivity index (χ0) is 16.6. The van der Waals surface area contributed by atoms with Crippen LogP contribution in [0.1, 0.15) is 43.9 Å². The van der Waals surface area contributed by atoms with Crippen LogP contribution < -0.4 is 14.8 Å². The summed E-state index contributed by atoms with van der Waals surface area (Å²) in [6.45, 7) is 7.92. The molecule has 1 aromatic heterocycles. The van der Waals surface area contributed by atoms with Gasteiger partial charge in [-0.15, -0.1) is 0 Å². The molecule has 0 fully saturated rings. The van der Waals surface area contributed by atoms with Gasteiger partial charge in [0.2, 0.25) is 5.79 Å². The van der Waals surface area contributed by atoms with E-state index in [9.17, 15) is 4.79 Å². The van der Waals surface area contributed by atoms with Crippen molar-refractivity contribution in [3.8, 4) is 11.5 Å². The molecule has 0 unspecified atom stereocenters. The highest BCUT2D eigenvalue weighted by Gasteiger charge is 2.31. The zero-order valence-electron chi connectivity index (χ0n) is 13.8. The van der Waals surface area contributed by atoms with Gasteiger partial charge in [-0.3, -0.25) is 9.89 Å². The first-order valence-corrected chi connectivity index (χ1v) is 7.70. The molecular formula is C17H21N3O3. The molecule has 0 aliphatic carbocycles. The SMILES string of the molecule is CC(C)Cc1cc(C(=O)Nc2ccc3c(c2)OC(C)(C)O3)n[nH]1. The highest BCUT2D eigenvalue weighted by molar-refractivity contribution is 6.03. The summed E-state index contributed by atoms with van der Waals surface area (Å²) in [6.07, 6.45) is 0.861. The predicted molar refractivity (Wildman–Crippen MR) is 86.9 cm³/mol. The first-order valence-electron chi connectivity index (χ1n) is 7.70. The number of ether oxygens (including phenoxy) is 2. The molecule has 2 N–H and O–H groups in total. The molecule has 3 rings (SSSR count). The normalized spacial score (nSPS) is 15.0. The summed E-state index contributed by atoms with van der Waals surface area (Å²) in [6, 6.07) is 7.10. The lowest BCUT2D eigenvalue weighted by Crippen LogP contribution is -2.29. The second kappa shape index (κ2) is 5.61. The van der Waals surface area contributed by atoms with Gasteiger partial charge in [0.25, 0.3) is 5.91 Å². The van der Waals surface area contributed by atoms with E-state index in [2.05, 4.69) is 29.4 Å². The van der Waals surface area contributed by atoms with Gasteiger partial charge in [-0.25, -0.2) is 0 Å². The van der Waals surface area contributed by atoms with Crippen LogP contribution in [0.4, 0.5) is 5.69 Å². The number of hydrogen-bond acceptors (Lipinski definition) is 4. The number of nitrogens with zero attached hydrogens (tertiary/aromatic N) is 1. The molecule has 0 atom stereocenters. The quantitative estimate of drug-likeness (QED) is 0.907. The number of aromatic nitrogens is 2. The molecule has 6 nitrogen and oxygen atoms in total. The molecule has 1 amide bonds. The Hall–Kier alpha value is -2.50. The third-order valence-electron chi connectivity index (χ3n) is 3.40. The summed E-state index contributed by atoms with van der Waals surface area (Å²) < 4.78 is 11.3. The van der Waals surface area contributed by atoms with Gasteiger partial charge in [0, 0.05) is 31.3 Å². The molecule has 2 heterocycles. The molecule has 6 heteroatoms. The van der Waals surface area contributed by atoms with Gasteiger partial charge in [-0.2, -0.15) is 5.10 Å². The number of rotatable bonds is 4. The number of fused-ring (bicyclic) bond motifs is 1. The highest BCUT2D eigenvalue weighted by Crippen LogP contribution is 2.40. The van der Waals surface area contributed by atoms with Gasteiger partial charge < -0.3 is 14.8 Å². The van der Waals surface area contributed by atoms with Gasteiger partial charge in [-0.05, 0) is 30.5 Å². The van der Waals surface area contributed by atoms with Crippen molar-refractivity contribution in [2.24, 2.45) is 5.92 Å². The third kappa shape index (κ3) is 3.47. The number of carbonyl (C=O) groups excluding carboxylic acids is 1. The second-order valence-electron chi connectivity index (χ2n) is 6.60. The van der Waals surface area contributed by atoms with E-state index in [1.54, 1.807) is 24.3 Å². The molecule has 1 aromatic carbocycles. The van der Waals surface area contributed by atoms with Crippen molar-refractivity contribution >= 4 is 11.6 Å². The molecule has 0 saturated carbocycles. The Kier molecular flexibility index (Phi) is 3.75. The van der Waals surface area contributed by atoms with Crippen molar-refractivity contribution in [2.75, 3.05) is 5.32 Å². The summed E-state index contributed by atoms with van der Waals surface area (Å²) in [5, 5.41) is 9.79. The largest absolute Gasteiger partial charge is 0.449 e. The van der Waals surface area contributed by atoms with E-state index in [4.69, 9.17) is 9.47 Å². The van der Waals surface area contributed by atoms with Crippen LogP contribution in [0.2, 0.25) is 0 Å². The number of amides is 1. The summed E-state index contributed by atoms with van der Waals surface area (Å²) in [7, 11) is 0. The van der Waals surface area contributed by atoms with Gasteiger partial charge in [0.05, 0.1) is 0 Å². The monoisotopic (exact) mass is 315 g/mol. The number of carbonyl (C=O) groups is 1. The van der Waals surface area contributed by atoms with Crippen molar-refractivity contribution in [3.63, 3.8) is 0 Å². The van der Waals surface area contributed by atoms with Crippen molar-refractivity contribution in [1.82, 2.24) is 10.2 Å². The van der Waals surface area contributed by atoms with E-state index < -0.39 is 5.79 Å². The van der Waals surface area contributed by atoms with Crippen molar-refractivity contribution in [2.45, 2.75) is 39.9 Å². The lowest BCUT2D eigenvalue weighted by Gasteiger charge is -2.16. The van der Waals surface area contributed by atoms with Crippen LogP contribution in [-0.2, 0) is 6.42 Å². The van der Waals surface area contributed by atoms with E-state index in [1.165, 1.54) is 0 Å². The van der Waals surface area contributed by atoms with Crippen LogP contribution in [-0.4, -0.2) is 21.9 Å². The Bertz CT molecular complexity index is 734. The smallest absolute Gasteiger partial charge is 0.276 e. The van der Waals surface area contributed by atoms with Crippen molar-refractivity contribution in [1.29, 1.82) is 0 Å². The Morgan fingerprint density at radius 1 is 1.26 bits per heavy atom. The fraction of sp³-hybridized carbons (Fsp3) is 0.412. The molecule has 1 aliphatic rings. The van der Waals surface area contributed by atoms with Crippen molar-refractivity contribution in [3.05, 3.63) is 35.7 Å². The maximum atomic E-state index is 12.3. The average Bonchev–Trinajstić information content (AvgIpc) is 3.00. The van der Waals surface area contributed by atoms with E-state index >= 15 is 0 Å². The molecule has 0 bridgehead atoms. The predicted octanol–water partition coefficient (Wildman–Crippen LogP) is 3.37. The fourth-order valence-corrected chi connectivity index (χ4v) is 2.52. The van der Waals surface area contributed by atoms with Crippen LogP contribution in [0.3, 0.4) is 0 Å². The molecule has 122 valence electrons. The number of hydrogen-bond donors (Lipinski definition) is 2. The molecule has 0 radical (unpaired) electrons. The number of anilines is 1. The molecule has 1 aliphatic heterocycles. The summed E-state index contributed by atoms with van der Waals surface area (Å²) in [5.74, 6) is 0.860. The number of H-pyrrole nitrogens is 1.